The summed E-state index contributed by atoms with van der Waals surface area (Å²) >= 11 is 0. The summed E-state index contributed by atoms with van der Waals surface area (Å²) in [6.07, 6.45) is 1.57. The number of fused-ring (bicyclic) bond motifs is 1. The van der Waals surface area contributed by atoms with Gasteiger partial charge in [0.25, 0.3) is 5.91 Å². The van der Waals surface area contributed by atoms with E-state index in [1.54, 1.807) is 19.9 Å². The maximum absolute atomic E-state index is 14.4. The molecule has 0 bridgehead atoms. The highest BCUT2D eigenvalue weighted by atomic mass is 19.2. The zero-order valence-corrected chi connectivity index (χ0v) is 14.5. The molecule has 0 fully saturated rings. The summed E-state index contributed by atoms with van der Waals surface area (Å²) in [5, 5.41) is 0. The monoisotopic (exact) mass is 375 g/mol. The highest BCUT2D eigenvalue weighted by Gasteiger charge is 2.30. The van der Waals surface area contributed by atoms with Gasteiger partial charge in [0.05, 0.1) is 0 Å². The molecule has 0 atom stereocenters. The Labute approximate surface area is 153 Å². The summed E-state index contributed by atoms with van der Waals surface area (Å²) in [7, 11) is 0. The number of rotatable bonds is 2. The number of hydrogen-bond acceptors (Lipinski definition) is 2. The Balaban J connectivity index is 2.21. The first-order valence-electron chi connectivity index (χ1n) is 7.93. The Kier molecular flexibility index (Phi) is 4.43. The highest BCUT2D eigenvalue weighted by molar-refractivity contribution is 6.03. The van der Waals surface area contributed by atoms with Crippen molar-refractivity contribution in [1.29, 1.82) is 0 Å². The fourth-order valence-corrected chi connectivity index (χ4v) is 2.84. The number of nitrogens with zero attached hydrogens (tertiary/aromatic N) is 1. The summed E-state index contributed by atoms with van der Waals surface area (Å²) < 4.78 is 47.3. The number of halogens is 3. The van der Waals surface area contributed by atoms with Crippen LogP contribution < -0.4 is 16.2 Å². The largest absolute Gasteiger partial charge is 0.483 e. The minimum atomic E-state index is -1.58. The smallest absolute Gasteiger partial charge is 0.280 e. The maximum Gasteiger partial charge on any atom is 0.280 e. The standard InChI is InChI=1S/C19H16F3N3O2/c1-19(2)8-12(10-4-5-13(20)16(22)15(10)21)11-7-9(3-6-14(11)27-19)17(26)25-18(23)24/h3-8H,1-2H3,(H4,23,24,25,26). The van der Waals surface area contributed by atoms with Gasteiger partial charge in [-0.3, -0.25) is 4.79 Å². The molecule has 0 aliphatic carbocycles. The van der Waals surface area contributed by atoms with Crippen LogP contribution in [0.25, 0.3) is 5.57 Å². The van der Waals surface area contributed by atoms with Gasteiger partial charge in [0, 0.05) is 16.7 Å². The van der Waals surface area contributed by atoms with Crippen LogP contribution in [0.1, 0.15) is 35.3 Å². The predicted octanol–water partition coefficient (Wildman–Crippen LogP) is 3.12. The minimum absolute atomic E-state index is 0.124. The fraction of sp³-hybridized carbons (Fsp3) is 0.158. The summed E-state index contributed by atoms with van der Waals surface area (Å²) in [4.78, 5) is 15.5. The lowest BCUT2D eigenvalue weighted by Gasteiger charge is -2.31. The van der Waals surface area contributed by atoms with Gasteiger partial charge in [0.15, 0.2) is 23.4 Å². The molecule has 140 valence electrons. The SMILES string of the molecule is CC1(C)C=C(c2ccc(F)c(F)c2F)c2cc(C(=O)N=C(N)N)ccc2O1. The summed E-state index contributed by atoms with van der Waals surface area (Å²) in [5.74, 6) is -4.95. The number of nitrogens with two attached hydrogens (primary N) is 2. The van der Waals surface area contributed by atoms with Crippen LogP contribution in [0.3, 0.4) is 0 Å². The second-order valence-electron chi connectivity index (χ2n) is 6.54. The van der Waals surface area contributed by atoms with E-state index in [0.717, 1.165) is 12.1 Å². The number of hydrogen-bond donors (Lipinski definition) is 2. The lowest BCUT2D eigenvalue weighted by molar-refractivity contribution is 0.100. The molecule has 4 N–H and O–H groups in total. The van der Waals surface area contributed by atoms with Crippen molar-refractivity contribution in [3.05, 3.63) is 70.5 Å². The molecule has 2 aromatic carbocycles. The summed E-state index contributed by atoms with van der Waals surface area (Å²) in [6, 6.07) is 6.35. The van der Waals surface area contributed by atoms with Crippen LogP contribution in [0.2, 0.25) is 0 Å². The van der Waals surface area contributed by atoms with Crippen LogP contribution in [0.15, 0.2) is 41.4 Å². The molecule has 5 nitrogen and oxygen atoms in total. The van der Waals surface area contributed by atoms with Gasteiger partial charge in [0.2, 0.25) is 0 Å². The Morgan fingerprint density at radius 1 is 1.04 bits per heavy atom. The van der Waals surface area contributed by atoms with Crippen LogP contribution >= 0.6 is 0 Å². The van der Waals surface area contributed by atoms with Crippen molar-refractivity contribution in [2.45, 2.75) is 19.4 Å². The molecular weight excluding hydrogens is 359 g/mol. The number of guanidine groups is 1. The van der Waals surface area contributed by atoms with E-state index in [-0.39, 0.29) is 16.7 Å². The molecule has 1 aliphatic heterocycles. The lowest BCUT2D eigenvalue weighted by atomic mass is 9.88. The van der Waals surface area contributed by atoms with E-state index in [1.807, 2.05) is 0 Å². The van der Waals surface area contributed by atoms with Gasteiger partial charge in [-0.15, -0.1) is 0 Å². The molecule has 3 rings (SSSR count). The molecule has 0 aromatic heterocycles. The molecule has 0 saturated carbocycles. The van der Waals surface area contributed by atoms with Crippen molar-refractivity contribution < 1.29 is 22.7 Å². The molecule has 1 amide bonds. The third-order valence-corrected chi connectivity index (χ3v) is 3.94. The van der Waals surface area contributed by atoms with E-state index in [2.05, 4.69) is 4.99 Å². The maximum atomic E-state index is 14.4. The first kappa shape index (κ1) is 18.5. The van der Waals surface area contributed by atoms with E-state index in [0.29, 0.717) is 11.3 Å². The molecule has 1 heterocycles. The van der Waals surface area contributed by atoms with Crippen molar-refractivity contribution in [3.63, 3.8) is 0 Å². The first-order chi connectivity index (χ1) is 12.6. The fourth-order valence-electron chi connectivity index (χ4n) is 2.84. The molecule has 0 saturated heterocycles. The molecule has 8 heteroatoms. The van der Waals surface area contributed by atoms with E-state index in [4.69, 9.17) is 16.2 Å². The van der Waals surface area contributed by atoms with Crippen LogP contribution in [-0.4, -0.2) is 17.5 Å². The Hall–Kier alpha value is -3.29. The molecule has 1 aliphatic rings. The quantitative estimate of drug-likeness (QED) is 0.479. The second-order valence-corrected chi connectivity index (χ2v) is 6.54. The molecule has 2 aromatic rings. The third kappa shape index (κ3) is 3.51. The number of aliphatic imine (C=N–C) groups is 1. The molecule has 0 unspecified atom stereocenters. The Morgan fingerprint density at radius 2 is 1.74 bits per heavy atom. The number of ether oxygens (including phenoxy) is 1. The second kappa shape index (κ2) is 6.46. The van der Waals surface area contributed by atoms with Gasteiger partial charge in [-0.1, -0.05) is 0 Å². The van der Waals surface area contributed by atoms with E-state index in [1.165, 1.54) is 18.2 Å². The summed E-state index contributed by atoms with van der Waals surface area (Å²) in [5.41, 5.74) is 10.2. The molecule has 27 heavy (non-hydrogen) atoms. The molecule has 0 spiro atoms. The average molecular weight is 375 g/mol. The lowest BCUT2D eigenvalue weighted by Crippen LogP contribution is -2.29. The van der Waals surface area contributed by atoms with E-state index < -0.39 is 34.9 Å². The molecule has 0 radical (unpaired) electrons. The van der Waals surface area contributed by atoms with Crippen LogP contribution in [0.5, 0.6) is 5.75 Å². The van der Waals surface area contributed by atoms with Crippen LogP contribution in [-0.2, 0) is 0 Å². The van der Waals surface area contributed by atoms with Crippen molar-refractivity contribution in [2.24, 2.45) is 16.5 Å². The van der Waals surface area contributed by atoms with Crippen molar-refractivity contribution in [1.82, 2.24) is 0 Å². The Morgan fingerprint density at radius 3 is 2.41 bits per heavy atom. The predicted molar refractivity (Wildman–Crippen MR) is 94.7 cm³/mol. The van der Waals surface area contributed by atoms with Crippen molar-refractivity contribution >= 4 is 17.4 Å². The number of carbonyl (C=O) groups excluding carboxylic acids is 1. The number of amides is 1. The van der Waals surface area contributed by atoms with Gasteiger partial charge >= 0.3 is 0 Å². The third-order valence-electron chi connectivity index (χ3n) is 3.94. The first-order valence-corrected chi connectivity index (χ1v) is 7.93. The minimum Gasteiger partial charge on any atom is -0.483 e. The van der Waals surface area contributed by atoms with Crippen molar-refractivity contribution in [3.8, 4) is 5.75 Å². The van der Waals surface area contributed by atoms with Crippen molar-refractivity contribution in [2.75, 3.05) is 0 Å². The molecular formula is C19H16F3N3O2. The van der Waals surface area contributed by atoms with Gasteiger partial charge in [0.1, 0.15) is 11.4 Å². The van der Waals surface area contributed by atoms with Crippen LogP contribution in [0.4, 0.5) is 13.2 Å². The zero-order chi connectivity index (χ0) is 19.9. The Bertz CT molecular complexity index is 1010. The van der Waals surface area contributed by atoms with E-state index >= 15 is 0 Å². The highest BCUT2D eigenvalue weighted by Crippen LogP contribution is 2.41. The summed E-state index contributed by atoms with van der Waals surface area (Å²) in [6.45, 7) is 3.46. The van der Waals surface area contributed by atoms with Gasteiger partial charge < -0.3 is 16.2 Å². The topological polar surface area (TPSA) is 90.7 Å². The number of carbonyl (C=O) groups is 1. The normalized spacial score (nSPS) is 14.6. The van der Waals surface area contributed by atoms with Gasteiger partial charge in [-0.25, -0.2) is 13.2 Å². The van der Waals surface area contributed by atoms with Gasteiger partial charge in [-0.2, -0.15) is 4.99 Å². The zero-order valence-electron chi connectivity index (χ0n) is 14.5. The number of benzene rings is 2. The average Bonchev–Trinajstić information content (AvgIpc) is 2.57. The van der Waals surface area contributed by atoms with Gasteiger partial charge in [-0.05, 0) is 55.8 Å². The van der Waals surface area contributed by atoms with Crippen LogP contribution in [0, 0.1) is 17.5 Å². The van der Waals surface area contributed by atoms with E-state index in [9.17, 15) is 18.0 Å².